The molecule has 0 aliphatic heterocycles. The molecule has 22 heavy (non-hydrogen) atoms. The lowest BCUT2D eigenvalue weighted by Gasteiger charge is -2.29. The van der Waals surface area contributed by atoms with Crippen LogP contribution in [0.2, 0.25) is 5.02 Å². The molecule has 5 heteroatoms. The minimum Gasteiger partial charge on any atom is -0.494 e. The molecule has 0 aromatic heterocycles. The molecule has 1 saturated carbocycles. The van der Waals surface area contributed by atoms with Gasteiger partial charge in [0.15, 0.2) is 0 Å². The van der Waals surface area contributed by atoms with Gasteiger partial charge >= 0.3 is 0 Å². The highest BCUT2D eigenvalue weighted by Gasteiger charge is 2.27. The largest absolute Gasteiger partial charge is 0.494 e. The van der Waals surface area contributed by atoms with E-state index in [1.54, 1.807) is 12.1 Å². The van der Waals surface area contributed by atoms with Crippen molar-refractivity contribution in [1.82, 2.24) is 4.90 Å². The van der Waals surface area contributed by atoms with E-state index in [2.05, 4.69) is 0 Å². The summed E-state index contributed by atoms with van der Waals surface area (Å²) in [6.07, 6.45) is 4.71. The fraction of sp³-hybridized carbons (Fsp3) is 0.588. The van der Waals surface area contributed by atoms with Gasteiger partial charge in [-0.15, -0.1) is 0 Å². The summed E-state index contributed by atoms with van der Waals surface area (Å²) in [5.41, 5.74) is 5.96. The van der Waals surface area contributed by atoms with E-state index < -0.39 is 0 Å². The van der Waals surface area contributed by atoms with Crippen LogP contribution < -0.4 is 10.5 Å². The van der Waals surface area contributed by atoms with E-state index in [4.69, 9.17) is 22.1 Å². The number of halogens is 1. The van der Waals surface area contributed by atoms with E-state index in [-0.39, 0.29) is 17.9 Å². The Morgan fingerprint density at radius 1 is 1.36 bits per heavy atom. The monoisotopic (exact) mass is 324 g/mol. The second kappa shape index (κ2) is 8.39. The number of rotatable bonds is 6. The van der Waals surface area contributed by atoms with Crippen molar-refractivity contribution in [2.45, 2.75) is 38.1 Å². The SMILES string of the molecule is CN(CCCOc1ccc(Cl)cc1)C(=O)C1CCCC(N)C1. The van der Waals surface area contributed by atoms with Crippen LogP contribution in [0.25, 0.3) is 0 Å². The number of ether oxygens (including phenoxy) is 1. The molecular formula is C17H25ClN2O2. The zero-order valence-corrected chi connectivity index (χ0v) is 13.9. The summed E-state index contributed by atoms with van der Waals surface area (Å²) >= 11 is 5.82. The van der Waals surface area contributed by atoms with Crippen LogP contribution in [0.3, 0.4) is 0 Å². The van der Waals surface area contributed by atoms with Crippen LogP contribution in [0, 0.1) is 5.92 Å². The van der Waals surface area contributed by atoms with Gasteiger partial charge in [-0.2, -0.15) is 0 Å². The Labute approximate surface area is 137 Å². The molecule has 4 nitrogen and oxygen atoms in total. The predicted octanol–water partition coefficient (Wildman–Crippen LogP) is 3.08. The number of hydrogen-bond donors (Lipinski definition) is 1. The molecule has 2 atom stereocenters. The molecule has 0 bridgehead atoms. The molecule has 2 N–H and O–H groups in total. The zero-order chi connectivity index (χ0) is 15.9. The molecule has 0 saturated heterocycles. The van der Waals surface area contributed by atoms with Crippen molar-refractivity contribution in [3.05, 3.63) is 29.3 Å². The Balaban J connectivity index is 1.67. The average molecular weight is 325 g/mol. The van der Waals surface area contributed by atoms with E-state index in [1.165, 1.54) is 0 Å². The third-order valence-corrected chi connectivity index (χ3v) is 4.41. The summed E-state index contributed by atoms with van der Waals surface area (Å²) < 4.78 is 5.64. The van der Waals surface area contributed by atoms with Crippen molar-refractivity contribution in [3.8, 4) is 5.75 Å². The number of nitrogens with zero attached hydrogens (tertiary/aromatic N) is 1. The van der Waals surface area contributed by atoms with Gasteiger partial charge in [0.05, 0.1) is 6.61 Å². The fourth-order valence-electron chi connectivity index (χ4n) is 2.90. The van der Waals surface area contributed by atoms with E-state index in [9.17, 15) is 4.79 Å². The number of benzene rings is 1. The lowest BCUT2D eigenvalue weighted by atomic mass is 9.85. The Bertz CT molecular complexity index is 478. The van der Waals surface area contributed by atoms with Crippen molar-refractivity contribution < 1.29 is 9.53 Å². The van der Waals surface area contributed by atoms with Gasteiger partial charge in [0.2, 0.25) is 5.91 Å². The summed E-state index contributed by atoms with van der Waals surface area (Å²) in [6.45, 7) is 1.29. The maximum atomic E-state index is 12.4. The normalized spacial score (nSPS) is 21.4. The Hall–Kier alpha value is -1.26. The van der Waals surface area contributed by atoms with Crippen molar-refractivity contribution in [1.29, 1.82) is 0 Å². The Morgan fingerprint density at radius 3 is 2.77 bits per heavy atom. The van der Waals surface area contributed by atoms with Crippen LogP contribution in [0.4, 0.5) is 0 Å². The summed E-state index contributed by atoms with van der Waals surface area (Å²) in [6, 6.07) is 7.49. The first-order valence-corrected chi connectivity index (χ1v) is 8.33. The van der Waals surface area contributed by atoms with Crippen LogP contribution in [0.1, 0.15) is 32.1 Å². The maximum Gasteiger partial charge on any atom is 0.225 e. The highest BCUT2D eigenvalue weighted by atomic mass is 35.5. The third kappa shape index (κ3) is 5.18. The molecule has 1 fully saturated rings. The van der Waals surface area contributed by atoms with Crippen LogP contribution in [0.15, 0.2) is 24.3 Å². The van der Waals surface area contributed by atoms with Crippen molar-refractivity contribution in [3.63, 3.8) is 0 Å². The molecule has 0 spiro atoms. The molecule has 122 valence electrons. The quantitative estimate of drug-likeness (QED) is 0.818. The van der Waals surface area contributed by atoms with Crippen LogP contribution in [-0.4, -0.2) is 37.0 Å². The number of carbonyl (C=O) groups excluding carboxylic acids is 1. The van der Waals surface area contributed by atoms with Gasteiger partial charge in [-0.25, -0.2) is 0 Å². The van der Waals surface area contributed by atoms with Gasteiger partial charge in [-0.3, -0.25) is 4.79 Å². The van der Waals surface area contributed by atoms with Crippen molar-refractivity contribution >= 4 is 17.5 Å². The molecule has 1 aliphatic rings. The summed E-state index contributed by atoms with van der Waals surface area (Å²) in [5.74, 6) is 1.13. The van der Waals surface area contributed by atoms with E-state index in [0.717, 1.165) is 37.9 Å². The number of carbonyl (C=O) groups is 1. The molecule has 1 aromatic rings. The van der Waals surface area contributed by atoms with Gasteiger partial charge in [0.1, 0.15) is 5.75 Å². The molecule has 0 radical (unpaired) electrons. The van der Waals surface area contributed by atoms with Gasteiger partial charge < -0.3 is 15.4 Å². The lowest BCUT2D eigenvalue weighted by molar-refractivity contribution is -0.135. The molecule has 2 rings (SSSR count). The van der Waals surface area contributed by atoms with Crippen LogP contribution >= 0.6 is 11.6 Å². The minimum atomic E-state index is 0.103. The Kier molecular flexibility index (Phi) is 6.52. The molecule has 2 unspecified atom stereocenters. The number of nitrogens with two attached hydrogens (primary N) is 1. The zero-order valence-electron chi connectivity index (χ0n) is 13.1. The standard InChI is InChI=1S/C17H25ClN2O2/c1-20(17(21)13-4-2-5-15(19)12-13)10-3-11-22-16-8-6-14(18)7-9-16/h6-9,13,15H,2-5,10-12,19H2,1H3. The second-order valence-corrected chi connectivity index (χ2v) is 6.48. The first-order valence-electron chi connectivity index (χ1n) is 7.95. The molecular weight excluding hydrogens is 300 g/mol. The van der Waals surface area contributed by atoms with Crippen LogP contribution in [0.5, 0.6) is 5.75 Å². The topological polar surface area (TPSA) is 55.6 Å². The molecule has 1 amide bonds. The summed E-state index contributed by atoms with van der Waals surface area (Å²) in [4.78, 5) is 14.2. The number of hydrogen-bond acceptors (Lipinski definition) is 3. The molecule has 1 aliphatic carbocycles. The smallest absolute Gasteiger partial charge is 0.225 e. The van der Waals surface area contributed by atoms with Gasteiger partial charge in [0.25, 0.3) is 0 Å². The summed E-state index contributed by atoms with van der Waals surface area (Å²) in [5, 5.41) is 0.698. The lowest BCUT2D eigenvalue weighted by Crippen LogP contribution is -2.39. The van der Waals surface area contributed by atoms with Gasteiger partial charge in [0, 0.05) is 30.6 Å². The molecule has 1 aromatic carbocycles. The molecule has 0 heterocycles. The second-order valence-electron chi connectivity index (χ2n) is 6.04. The highest BCUT2D eigenvalue weighted by Crippen LogP contribution is 2.24. The van der Waals surface area contributed by atoms with Crippen LogP contribution in [-0.2, 0) is 4.79 Å². The van der Waals surface area contributed by atoms with E-state index in [0.29, 0.717) is 18.2 Å². The maximum absolute atomic E-state index is 12.4. The van der Waals surface area contributed by atoms with Gasteiger partial charge in [-0.1, -0.05) is 18.0 Å². The van der Waals surface area contributed by atoms with E-state index in [1.807, 2.05) is 24.1 Å². The highest BCUT2D eigenvalue weighted by molar-refractivity contribution is 6.30. The first-order chi connectivity index (χ1) is 10.6. The van der Waals surface area contributed by atoms with Gasteiger partial charge in [-0.05, 0) is 49.9 Å². The fourth-order valence-corrected chi connectivity index (χ4v) is 3.02. The van der Waals surface area contributed by atoms with E-state index >= 15 is 0 Å². The predicted molar refractivity (Wildman–Crippen MR) is 89.1 cm³/mol. The van der Waals surface area contributed by atoms with Crippen molar-refractivity contribution in [2.24, 2.45) is 11.7 Å². The first kappa shape index (κ1) is 17.1. The summed E-state index contributed by atoms with van der Waals surface area (Å²) in [7, 11) is 1.87. The Morgan fingerprint density at radius 2 is 2.09 bits per heavy atom. The minimum absolute atomic E-state index is 0.103. The number of amides is 1. The van der Waals surface area contributed by atoms with Crippen molar-refractivity contribution in [2.75, 3.05) is 20.2 Å². The average Bonchev–Trinajstić information content (AvgIpc) is 2.52. The third-order valence-electron chi connectivity index (χ3n) is 4.16.